The fourth-order valence-corrected chi connectivity index (χ4v) is 3.90. The average molecular weight is 434 g/mol. The Hall–Kier alpha value is -3.03. The molecule has 1 aliphatic heterocycles. The third-order valence-corrected chi connectivity index (χ3v) is 5.54. The molecule has 32 heavy (non-hydrogen) atoms. The van der Waals surface area contributed by atoms with E-state index in [4.69, 9.17) is 4.74 Å². The number of hydrogen-bond acceptors (Lipinski definition) is 6. The first-order valence-corrected chi connectivity index (χ1v) is 11.3. The number of carbonyl (C=O) groups excluding carboxylic acids is 1. The van der Waals surface area contributed by atoms with Crippen LogP contribution in [0.25, 0.3) is 10.8 Å². The van der Waals surface area contributed by atoms with E-state index in [-0.39, 0.29) is 11.9 Å². The van der Waals surface area contributed by atoms with Crippen molar-refractivity contribution in [1.29, 1.82) is 0 Å². The molecule has 0 aliphatic carbocycles. The number of ether oxygens (including phenoxy) is 1. The molecule has 1 aromatic heterocycles. The van der Waals surface area contributed by atoms with Gasteiger partial charge in [0.15, 0.2) is 0 Å². The molecule has 7 nitrogen and oxygen atoms in total. The molecule has 0 spiro atoms. The normalized spacial score (nSPS) is 14.6. The van der Waals surface area contributed by atoms with Crippen LogP contribution in [0.5, 0.6) is 0 Å². The summed E-state index contributed by atoms with van der Waals surface area (Å²) in [6.07, 6.45) is 2.56. The van der Waals surface area contributed by atoms with Crippen LogP contribution in [0.1, 0.15) is 30.6 Å². The van der Waals surface area contributed by atoms with E-state index >= 15 is 0 Å². The van der Waals surface area contributed by atoms with Crippen molar-refractivity contribution in [3.8, 4) is 0 Å². The SMILES string of the molecule is CC(C)Nc1nccc(N(CCCN2CCOCC2)C(=O)c2ccc3ccccc3c2)n1. The zero-order valence-corrected chi connectivity index (χ0v) is 18.8. The van der Waals surface area contributed by atoms with Crippen molar-refractivity contribution in [2.45, 2.75) is 26.3 Å². The molecule has 1 saturated heterocycles. The van der Waals surface area contributed by atoms with Crippen LogP contribution in [0.3, 0.4) is 0 Å². The van der Waals surface area contributed by atoms with E-state index in [1.54, 1.807) is 17.2 Å². The molecule has 2 heterocycles. The van der Waals surface area contributed by atoms with Gasteiger partial charge in [-0.05, 0) is 49.2 Å². The molecule has 168 valence electrons. The Morgan fingerprint density at radius 3 is 2.69 bits per heavy atom. The summed E-state index contributed by atoms with van der Waals surface area (Å²) in [4.78, 5) is 26.7. The van der Waals surface area contributed by atoms with Gasteiger partial charge in [-0.25, -0.2) is 4.98 Å². The predicted octanol–water partition coefficient (Wildman–Crippen LogP) is 3.82. The fourth-order valence-electron chi connectivity index (χ4n) is 3.90. The van der Waals surface area contributed by atoms with Crippen molar-refractivity contribution in [1.82, 2.24) is 14.9 Å². The number of hydrogen-bond donors (Lipinski definition) is 1. The number of carbonyl (C=O) groups is 1. The lowest BCUT2D eigenvalue weighted by molar-refractivity contribution is 0.0376. The third kappa shape index (κ3) is 5.60. The van der Waals surface area contributed by atoms with Crippen LogP contribution in [0, 0.1) is 0 Å². The van der Waals surface area contributed by atoms with E-state index in [9.17, 15) is 4.79 Å². The Labute approximate surface area is 189 Å². The van der Waals surface area contributed by atoms with Crippen molar-refractivity contribution in [3.63, 3.8) is 0 Å². The second kappa shape index (κ2) is 10.5. The van der Waals surface area contributed by atoms with E-state index in [1.807, 2.05) is 50.2 Å². The highest BCUT2D eigenvalue weighted by atomic mass is 16.5. The van der Waals surface area contributed by atoms with Gasteiger partial charge in [-0.15, -0.1) is 0 Å². The molecule has 4 rings (SSSR count). The lowest BCUT2D eigenvalue weighted by Crippen LogP contribution is -2.39. The Bertz CT molecular complexity index is 1050. The number of benzene rings is 2. The molecule has 1 fully saturated rings. The molecule has 0 radical (unpaired) electrons. The number of aromatic nitrogens is 2. The summed E-state index contributed by atoms with van der Waals surface area (Å²) in [7, 11) is 0. The maximum atomic E-state index is 13.6. The van der Waals surface area contributed by atoms with Crippen LogP contribution in [0.15, 0.2) is 54.7 Å². The Morgan fingerprint density at radius 1 is 1.12 bits per heavy atom. The second-order valence-corrected chi connectivity index (χ2v) is 8.36. The van der Waals surface area contributed by atoms with Crippen LogP contribution in [-0.2, 0) is 4.74 Å². The first kappa shape index (κ1) is 22.2. The minimum absolute atomic E-state index is 0.0491. The quantitative estimate of drug-likeness (QED) is 0.582. The number of rotatable bonds is 8. The van der Waals surface area contributed by atoms with Gasteiger partial charge in [0.25, 0.3) is 5.91 Å². The highest BCUT2D eigenvalue weighted by molar-refractivity contribution is 6.07. The Morgan fingerprint density at radius 2 is 1.91 bits per heavy atom. The lowest BCUT2D eigenvalue weighted by Gasteiger charge is -2.28. The lowest BCUT2D eigenvalue weighted by atomic mass is 10.1. The molecular formula is C25H31N5O2. The van der Waals surface area contributed by atoms with Gasteiger partial charge in [-0.2, -0.15) is 4.98 Å². The smallest absolute Gasteiger partial charge is 0.259 e. The van der Waals surface area contributed by atoms with Crippen LogP contribution < -0.4 is 10.2 Å². The zero-order chi connectivity index (χ0) is 22.3. The number of morpholine rings is 1. The number of anilines is 2. The summed E-state index contributed by atoms with van der Waals surface area (Å²) in [5.41, 5.74) is 0.659. The summed E-state index contributed by atoms with van der Waals surface area (Å²) >= 11 is 0. The third-order valence-electron chi connectivity index (χ3n) is 5.54. The summed E-state index contributed by atoms with van der Waals surface area (Å²) in [5.74, 6) is 1.09. The van der Waals surface area contributed by atoms with Crippen LogP contribution in [0.4, 0.5) is 11.8 Å². The average Bonchev–Trinajstić information content (AvgIpc) is 2.81. The molecule has 3 aromatic rings. The molecule has 1 N–H and O–H groups in total. The van der Waals surface area contributed by atoms with Crippen molar-refractivity contribution in [3.05, 3.63) is 60.3 Å². The fraction of sp³-hybridized carbons (Fsp3) is 0.400. The van der Waals surface area contributed by atoms with Gasteiger partial charge in [0.1, 0.15) is 5.82 Å². The molecule has 1 aliphatic rings. The molecule has 0 unspecified atom stereocenters. The van der Waals surface area contributed by atoms with E-state index in [2.05, 4.69) is 26.3 Å². The van der Waals surface area contributed by atoms with Crippen LogP contribution in [0.2, 0.25) is 0 Å². The molecule has 7 heteroatoms. The Kier molecular flexibility index (Phi) is 7.29. The van der Waals surface area contributed by atoms with Crippen molar-refractivity contribution in [2.75, 3.05) is 49.6 Å². The highest BCUT2D eigenvalue weighted by Gasteiger charge is 2.21. The minimum Gasteiger partial charge on any atom is -0.379 e. The number of nitrogens with zero attached hydrogens (tertiary/aromatic N) is 4. The predicted molar refractivity (Wildman–Crippen MR) is 128 cm³/mol. The van der Waals surface area contributed by atoms with Gasteiger partial charge in [0.05, 0.1) is 13.2 Å². The van der Waals surface area contributed by atoms with Gasteiger partial charge >= 0.3 is 0 Å². The van der Waals surface area contributed by atoms with Gasteiger partial charge < -0.3 is 10.1 Å². The van der Waals surface area contributed by atoms with Crippen molar-refractivity contribution in [2.24, 2.45) is 0 Å². The molecule has 1 amide bonds. The first-order valence-electron chi connectivity index (χ1n) is 11.3. The number of amides is 1. The van der Waals surface area contributed by atoms with Gasteiger partial charge in [-0.3, -0.25) is 14.6 Å². The standard InChI is InChI=1S/C25H31N5O2/c1-19(2)27-25-26-11-10-23(28-25)30(13-5-12-29-14-16-32-17-15-29)24(31)22-9-8-20-6-3-4-7-21(20)18-22/h3-4,6-11,18-19H,5,12-17H2,1-2H3,(H,26,27,28). The highest BCUT2D eigenvalue weighted by Crippen LogP contribution is 2.21. The molecule has 2 aromatic carbocycles. The molecule has 0 saturated carbocycles. The van der Waals surface area contributed by atoms with Crippen LogP contribution in [-0.4, -0.2) is 66.2 Å². The monoisotopic (exact) mass is 433 g/mol. The second-order valence-electron chi connectivity index (χ2n) is 8.36. The first-order chi connectivity index (χ1) is 15.6. The van der Waals surface area contributed by atoms with Gasteiger partial charge in [-0.1, -0.05) is 30.3 Å². The summed E-state index contributed by atoms with van der Waals surface area (Å²) in [6, 6.07) is 15.9. The van der Waals surface area contributed by atoms with Crippen molar-refractivity contribution >= 4 is 28.4 Å². The molecular weight excluding hydrogens is 402 g/mol. The zero-order valence-electron chi connectivity index (χ0n) is 18.8. The number of nitrogens with one attached hydrogen (secondary N) is 1. The largest absolute Gasteiger partial charge is 0.379 e. The topological polar surface area (TPSA) is 70.6 Å². The van der Waals surface area contributed by atoms with Crippen molar-refractivity contribution < 1.29 is 9.53 Å². The van der Waals surface area contributed by atoms with Gasteiger partial charge in [0, 0.05) is 44.0 Å². The molecule has 0 atom stereocenters. The Balaban J connectivity index is 1.57. The maximum absolute atomic E-state index is 13.6. The summed E-state index contributed by atoms with van der Waals surface area (Å²) in [6.45, 7) is 9.01. The number of fused-ring (bicyclic) bond motifs is 1. The maximum Gasteiger partial charge on any atom is 0.259 e. The van der Waals surface area contributed by atoms with Gasteiger partial charge in [0.2, 0.25) is 5.95 Å². The molecule has 0 bridgehead atoms. The van der Waals surface area contributed by atoms with E-state index in [1.165, 1.54) is 0 Å². The summed E-state index contributed by atoms with van der Waals surface area (Å²) < 4.78 is 5.44. The minimum atomic E-state index is -0.0491. The summed E-state index contributed by atoms with van der Waals surface area (Å²) in [5, 5.41) is 5.40. The van der Waals surface area contributed by atoms with E-state index < -0.39 is 0 Å². The van der Waals surface area contributed by atoms with Crippen LogP contribution >= 0.6 is 0 Å². The van der Waals surface area contributed by atoms with E-state index in [0.29, 0.717) is 23.9 Å². The van der Waals surface area contributed by atoms with E-state index in [0.717, 1.165) is 50.0 Å².